The third-order valence-corrected chi connectivity index (χ3v) is 0. The Morgan fingerprint density at radius 1 is 1.67 bits per heavy atom. The Morgan fingerprint density at radius 2 is 1.67 bits per heavy atom. The molecule has 0 heterocycles. The van der Waals surface area contributed by atoms with Crippen LogP contribution < -0.4 is 5.73 Å². The maximum absolute atomic E-state index is 8.58. The number of carbonyl (C=O) groups excluding carboxylic acids is 1. The van der Waals surface area contributed by atoms with Gasteiger partial charge in [-0.15, -0.1) is 23.2 Å². The smallest absolute Gasteiger partial charge is 0.204 e. The van der Waals surface area contributed by atoms with Gasteiger partial charge in [0.05, 0.1) is 5.34 Å². The van der Waals surface area contributed by atoms with Gasteiger partial charge in [-0.2, -0.15) is 0 Å². The second-order valence-corrected chi connectivity index (χ2v) is 1.05. The summed E-state index contributed by atoms with van der Waals surface area (Å²) in [5.41, 5.74) is 4.17. The molecule has 0 unspecified atom stereocenters. The topological polar surface area (TPSA) is 43.1 Å². The predicted molar refractivity (Wildman–Crippen MR) is 26.8 cm³/mol. The fourth-order valence-electron chi connectivity index (χ4n) is 0. The maximum atomic E-state index is 8.58. The molecule has 2 N–H and O–H groups in total. The third kappa shape index (κ3) is 15100. The van der Waals surface area contributed by atoms with Gasteiger partial charge in [0.2, 0.25) is 6.41 Å². The molecule has 0 aromatic rings. The number of amides is 1. The second kappa shape index (κ2) is 19.7. The zero-order chi connectivity index (χ0) is 5.41. The molecule has 0 spiro atoms. The van der Waals surface area contributed by atoms with Crippen LogP contribution in [0.4, 0.5) is 0 Å². The minimum atomic E-state index is 0.194. The molecular weight excluding hydrogens is 125 g/mol. The van der Waals surface area contributed by atoms with Crippen molar-refractivity contribution in [2.45, 2.75) is 0 Å². The predicted octanol–water partition coefficient (Wildman–Crippen LogP) is 0.523. The van der Waals surface area contributed by atoms with Crippen LogP contribution in [0.1, 0.15) is 0 Å². The number of primary amides is 1. The van der Waals surface area contributed by atoms with Gasteiger partial charge < -0.3 is 5.73 Å². The summed E-state index contributed by atoms with van der Waals surface area (Å²) >= 11 is 9.53. The zero-order valence-corrected chi connectivity index (χ0v) is 4.54. The van der Waals surface area contributed by atoms with Crippen LogP contribution >= 0.6 is 23.2 Å². The largest absolute Gasteiger partial charge is 0.372 e. The highest BCUT2D eigenvalue weighted by molar-refractivity contribution is 6.40. The number of rotatable bonds is 0. The first-order valence-electron chi connectivity index (χ1n) is 1.10. The van der Waals surface area contributed by atoms with Crippen LogP contribution in [-0.2, 0) is 4.79 Å². The highest BCUT2D eigenvalue weighted by Gasteiger charge is 1.41. The van der Waals surface area contributed by atoms with E-state index in [1.165, 1.54) is 0 Å². The molecule has 0 aromatic heterocycles. The van der Waals surface area contributed by atoms with E-state index in [-0.39, 0.29) is 11.7 Å². The Morgan fingerprint density at radius 3 is 1.67 bits per heavy atom. The van der Waals surface area contributed by atoms with Gasteiger partial charge in [-0.25, -0.2) is 0 Å². The molecule has 0 bridgehead atoms. The van der Waals surface area contributed by atoms with Gasteiger partial charge >= 0.3 is 0 Å². The Hall–Kier alpha value is 0.0500. The highest BCUT2D eigenvalue weighted by atomic mass is 35.5. The standard InChI is InChI=1S/CH2Cl2.CH3NO/c2*2-1-3/h1H2;1H,(H2,2,3). The maximum Gasteiger partial charge on any atom is 0.204 e. The van der Waals surface area contributed by atoms with Crippen LogP contribution in [0.2, 0.25) is 0 Å². The van der Waals surface area contributed by atoms with Gasteiger partial charge in [0, 0.05) is 0 Å². The fraction of sp³-hybridized carbons (Fsp3) is 0.500. The number of hydrogen-bond donors (Lipinski definition) is 1. The molecule has 0 aromatic carbocycles. The minimum Gasteiger partial charge on any atom is -0.372 e. The number of nitrogens with two attached hydrogens (primary N) is 1. The number of halogens is 2. The monoisotopic (exact) mass is 129 g/mol. The van der Waals surface area contributed by atoms with E-state index in [4.69, 9.17) is 28.0 Å². The normalized spacial score (nSPS) is 5.00. The molecule has 0 aliphatic heterocycles. The van der Waals surface area contributed by atoms with Crippen LogP contribution in [0.3, 0.4) is 0 Å². The Bertz CT molecular complexity index is 25.5. The van der Waals surface area contributed by atoms with Gasteiger partial charge in [0.15, 0.2) is 0 Å². The summed E-state index contributed by atoms with van der Waals surface area (Å²) in [5.74, 6) is 0. The van der Waals surface area contributed by atoms with Gasteiger partial charge in [-0.3, -0.25) is 4.79 Å². The summed E-state index contributed by atoms with van der Waals surface area (Å²) < 4.78 is 0. The van der Waals surface area contributed by atoms with Crippen LogP contribution in [0.15, 0.2) is 0 Å². The van der Waals surface area contributed by atoms with Crippen molar-refractivity contribution in [3.05, 3.63) is 0 Å². The average molecular weight is 130 g/mol. The van der Waals surface area contributed by atoms with Gasteiger partial charge in [0.1, 0.15) is 0 Å². The Labute approximate surface area is 46.2 Å². The highest BCUT2D eigenvalue weighted by Crippen LogP contribution is 1.73. The SMILES string of the molecule is ClCCl.NC=O. The van der Waals surface area contributed by atoms with Crippen molar-refractivity contribution in [3.8, 4) is 0 Å². The van der Waals surface area contributed by atoms with Crippen molar-refractivity contribution >= 4 is 29.6 Å². The molecule has 0 saturated carbocycles. The molecule has 0 radical (unpaired) electrons. The van der Waals surface area contributed by atoms with E-state index < -0.39 is 0 Å². The van der Waals surface area contributed by atoms with Crippen LogP contribution in [0.5, 0.6) is 0 Å². The van der Waals surface area contributed by atoms with E-state index in [1.807, 2.05) is 0 Å². The lowest BCUT2D eigenvalue weighted by Crippen LogP contribution is -1.82. The molecular formula is C2H5Cl2NO. The lowest BCUT2D eigenvalue weighted by Gasteiger charge is -1.42. The molecule has 0 saturated heterocycles. The van der Waals surface area contributed by atoms with Crippen molar-refractivity contribution in [1.29, 1.82) is 0 Å². The van der Waals surface area contributed by atoms with Gasteiger partial charge in [-0.1, -0.05) is 0 Å². The van der Waals surface area contributed by atoms with Gasteiger partial charge in [-0.05, 0) is 0 Å². The zero-order valence-electron chi connectivity index (χ0n) is 3.03. The van der Waals surface area contributed by atoms with E-state index in [1.54, 1.807) is 0 Å². The molecule has 0 rings (SSSR count). The van der Waals surface area contributed by atoms with Crippen molar-refractivity contribution in [2.75, 3.05) is 5.34 Å². The van der Waals surface area contributed by atoms with Crippen molar-refractivity contribution in [1.82, 2.24) is 0 Å². The minimum absolute atomic E-state index is 0.194. The number of alkyl halides is 2. The summed E-state index contributed by atoms with van der Waals surface area (Å²) in [5, 5.41) is 0.194. The Kier molecular flexibility index (Phi) is 30.9. The van der Waals surface area contributed by atoms with Crippen LogP contribution in [0.25, 0.3) is 0 Å². The summed E-state index contributed by atoms with van der Waals surface area (Å²) in [7, 11) is 0. The summed E-state index contributed by atoms with van der Waals surface area (Å²) in [6.45, 7) is 0. The molecule has 0 aliphatic carbocycles. The first-order valence-corrected chi connectivity index (χ1v) is 2.17. The van der Waals surface area contributed by atoms with E-state index in [0.717, 1.165) is 0 Å². The van der Waals surface area contributed by atoms with Crippen LogP contribution in [-0.4, -0.2) is 11.7 Å². The van der Waals surface area contributed by atoms with E-state index >= 15 is 0 Å². The summed E-state index contributed by atoms with van der Waals surface area (Å²) in [6, 6.07) is 0. The first-order chi connectivity index (χ1) is 2.83. The molecule has 2 nitrogen and oxygen atoms in total. The molecule has 38 valence electrons. The number of carbonyl (C=O) groups is 1. The lowest BCUT2D eigenvalue weighted by molar-refractivity contribution is -0.106. The van der Waals surface area contributed by atoms with Crippen molar-refractivity contribution in [3.63, 3.8) is 0 Å². The third-order valence-electron chi connectivity index (χ3n) is 0. The fourth-order valence-corrected chi connectivity index (χ4v) is 0. The Balaban J connectivity index is 0. The number of hydrogen-bond acceptors (Lipinski definition) is 1. The van der Waals surface area contributed by atoms with E-state index in [9.17, 15) is 0 Å². The first kappa shape index (κ1) is 9.41. The van der Waals surface area contributed by atoms with Crippen molar-refractivity contribution in [2.24, 2.45) is 5.73 Å². The molecule has 6 heavy (non-hydrogen) atoms. The van der Waals surface area contributed by atoms with Crippen LogP contribution in [0, 0.1) is 0 Å². The second-order valence-electron chi connectivity index (χ2n) is 0.237. The molecule has 4 heteroatoms. The molecule has 0 fully saturated rings. The van der Waals surface area contributed by atoms with E-state index in [2.05, 4.69) is 5.73 Å². The average Bonchev–Trinajstić information content (AvgIpc) is 1.39. The van der Waals surface area contributed by atoms with E-state index in [0.29, 0.717) is 0 Å². The molecule has 0 aliphatic rings. The quantitative estimate of drug-likeness (QED) is 0.377. The summed E-state index contributed by atoms with van der Waals surface area (Å²) in [4.78, 5) is 8.58. The van der Waals surface area contributed by atoms with Gasteiger partial charge in [0.25, 0.3) is 0 Å². The molecule has 1 amide bonds. The summed E-state index contributed by atoms with van der Waals surface area (Å²) in [6.07, 6.45) is 0.250. The molecule has 0 atom stereocenters. The lowest BCUT2D eigenvalue weighted by atomic mass is 11.5. The van der Waals surface area contributed by atoms with Crippen molar-refractivity contribution < 1.29 is 4.79 Å².